The van der Waals surface area contributed by atoms with Gasteiger partial charge in [-0.1, -0.05) is 29.8 Å². The molecule has 0 saturated heterocycles. The Morgan fingerprint density at radius 1 is 1.26 bits per heavy atom. The molecule has 1 aliphatic carbocycles. The number of carbonyl (C=O) groups is 2. The molecule has 9 heteroatoms. The Balaban J connectivity index is 1.87. The SMILES string of the molecule is NC(=O)[C@@H](c1cccnc1)N(C(=O)c1ccccc1OCCO)[C@@H]1CCc2c(F)cc(Cl)cc21. The highest BCUT2D eigenvalue weighted by molar-refractivity contribution is 6.30. The number of nitrogens with zero attached hydrogens (tertiary/aromatic N) is 2. The monoisotopic (exact) mass is 483 g/mol. The van der Waals surface area contributed by atoms with E-state index in [0.717, 1.165) is 0 Å². The fraction of sp³-hybridized carbons (Fsp3) is 0.240. The van der Waals surface area contributed by atoms with E-state index in [1.807, 2.05) is 0 Å². The second-order valence-electron chi connectivity index (χ2n) is 7.88. The Morgan fingerprint density at radius 2 is 2.06 bits per heavy atom. The van der Waals surface area contributed by atoms with Crippen molar-refractivity contribution in [3.63, 3.8) is 0 Å². The van der Waals surface area contributed by atoms with Crippen molar-refractivity contribution in [2.45, 2.75) is 24.9 Å². The maximum atomic E-state index is 14.7. The van der Waals surface area contributed by atoms with Gasteiger partial charge in [0.05, 0.1) is 18.2 Å². The van der Waals surface area contributed by atoms with E-state index in [1.54, 1.807) is 48.7 Å². The second-order valence-corrected chi connectivity index (χ2v) is 8.32. The zero-order chi connectivity index (χ0) is 24.2. The van der Waals surface area contributed by atoms with Crippen molar-refractivity contribution >= 4 is 23.4 Å². The number of ether oxygens (including phenoxy) is 1. The molecule has 1 heterocycles. The molecular weight excluding hydrogens is 461 g/mol. The standard InChI is InChI=1S/C25H23ClFN3O4/c26-16-12-19-17(20(27)13-16)7-8-21(19)30(23(24(28)32)15-4-3-9-29-14-15)25(33)18-5-1-2-6-22(18)34-11-10-31/h1-6,9,12-14,21,23,31H,7-8,10-11H2,(H2,28,32)/t21-,23-/m1/s1. The van der Waals surface area contributed by atoms with Crippen LogP contribution in [-0.2, 0) is 11.2 Å². The minimum absolute atomic E-state index is 0.0147. The summed E-state index contributed by atoms with van der Waals surface area (Å²) in [6.45, 7) is -0.251. The highest BCUT2D eigenvalue weighted by atomic mass is 35.5. The Hall–Kier alpha value is -3.49. The number of hydrogen-bond donors (Lipinski definition) is 2. The molecule has 1 aromatic heterocycles. The molecule has 0 spiro atoms. The number of halogens is 2. The van der Waals surface area contributed by atoms with Crippen LogP contribution in [0.25, 0.3) is 0 Å². The van der Waals surface area contributed by atoms with Gasteiger partial charge in [0.25, 0.3) is 5.91 Å². The van der Waals surface area contributed by atoms with Crippen LogP contribution >= 0.6 is 11.6 Å². The van der Waals surface area contributed by atoms with Crippen molar-refractivity contribution in [1.29, 1.82) is 0 Å². The summed E-state index contributed by atoms with van der Waals surface area (Å²) in [6.07, 6.45) is 3.76. The maximum Gasteiger partial charge on any atom is 0.259 e. The number of rotatable bonds is 8. The normalized spacial score (nSPS) is 15.4. The molecule has 0 aliphatic heterocycles. The predicted octanol–water partition coefficient (Wildman–Crippen LogP) is 3.60. The van der Waals surface area contributed by atoms with Crippen molar-refractivity contribution < 1.29 is 23.8 Å². The molecule has 0 unspecified atom stereocenters. The lowest BCUT2D eigenvalue weighted by molar-refractivity contribution is -0.123. The highest BCUT2D eigenvalue weighted by Crippen LogP contribution is 2.43. The molecule has 3 N–H and O–H groups in total. The molecule has 3 aromatic rings. The maximum absolute atomic E-state index is 14.7. The number of primary amides is 1. The number of aliphatic hydroxyl groups is 1. The summed E-state index contributed by atoms with van der Waals surface area (Å²) in [7, 11) is 0. The number of fused-ring (bicyclic) bond motifs is 1. The fourth-order valence-corrected chi connectivity index (χ4v) is 4.63. The number of nitrogens with two attached hydrogens (primary N) is 1. The van der Waals surface area contributed by atoms with Gasteiger partial charge in [0.15, 0.2) is 0 Å². The summed E-state index contributed by atoms with van der Waals surface area (Å²) in [5, 5.41) is 9.37. The van der Waals surface area contributed by atoms with Crippen LogP contribution in [0.3, 0.4) is 0 Å². The van der Waals surface area contributed by atoms with Gasteiger partial charge in [0, 0.05) is 23.0 Å². The molecule has 4 rings (SSSR count). The lowest BCUT2D eigenvalue weighted by Gasteiger charge is -2.36. The Bertz CT molecular complexity index is 1210. The Morgan fingerprint density at radius 3 is 2.76 bits per heavy atom. The number of aromatic nitrogens is 1. The van der Waals surface area contributed by atoms with Gasteiger partial charge >= 0.3 is 0 Å². The van der Waals surface area contributed by atoms with E-state index in [2.05, 4.69) is 4.98 Å². The lowest BCUT2D eigenvalue weighted by atomic mass is 9.98. The number of benzene rings is 2. The molecule has 1 aliphatic rings. The van der Waals surface area contributed by atoms with Gasteiger partial charge in [-0.15, -0.1) is 0 Å². The predicted molar refractivity (Wildman–Crippen MR) is 124 cm³/mol. The Labute approximate surface area is 200 Å². The molecule has 0 fully saturated rings. The molecule has 0 bridgehead atoms. The molecule has 34 heavy (non-hydrogen) atoms. The number of carbonyl (C=O) groups excluding carboxylic acids is 2. The number of pyridine rings is 1. The zero-order valence-corrected chi connectivity index (χ0v) is 18.9. The summed E-state index contributed by atoms with van der Waals surface area (Å²) >= 11 is 6.15. The van der Waals surface area contributed by atoms with E-state index < -0.39 is 29.7 Å². The first kappa shape index (κ1) is 23.7. The largest absolute Gasteiger partial charge is 0.490 e. The van der Waals surface area contributed by atoms with E-state index in [9.17, 15) is 19.1 Å². The smallest absolute Gasteiger partial charge is 0.259 e. The zero-order valence-electron chi connectivity index (χ0n) is 18.2. The molecule has 2 atom stereocenters. The number of amides is 2. The number of aliphatic hydroxyl groups excluding tert-OH is 1. The van der Waals surface area contributed by atoms with Gasteiger partial charge in [-0.2, -0.15) is 0 Å². The first-order valence-corrected chi connectivity index (χ1v) is 11.1. The molecule has 2 amide bonds. The summed E-state index contributed by atoms with van der Waals surface area (Å²) in [5.74, 6) is -1.50. The van der Waals surface area contributed by atoms with E-state index >= 15 is 0 Å². The third-order valence-corrected chi connectivity index (χ3v) is 6.02. The summed E-state index contributed by atoms with van der Waals surface area (Å²) < 4.78 is 20.2. The quantitative estimate of drug-likeness (QED) is 0.509. The van der Waals surface area contributed by atoms with Crippen LogP contribution in [0.15, 0.2) is 60.9 Å². The van der Waals surface area contributed by atoms with E-state index in [1.165, 1.54) is 17.2 Å². The topological polar surface area (TPSA) is 106 Å². The van der Waals surface area contributed by atoms with Gasteiger partial charge in [-0.05, 0) is 54.3 Å². The van der Waals surface area contributed by atoms with Crippen LogP contribution in [0.5, 0.6) is 5.75 Å². The van der Waals surface area contributed by atoms with Crippen LogP contribution in [-0.4, -0.2) is 40.0 Å². The van der Waals surface area contributed by atoms with Crippen LogP contribution in [0.2, 0.25) is 5.02 Å². The molecule has 2 aromatic carbocycles. The highest BCUT2D eigenvalue weighted by Gasteiger charge is 2.41. The van der Waals surface area contributed by atoms with Crippen LogP contribution in [0.4, 0.5) is 4.39 Å². The van der Waals surface area contributed by atoms with E-state index in [0.29, 0.717) is 29.5 Å². The summed E-state index contributed by atoms with van der Waals surface area (Å²) in [5.41, 5.74) is 7.41. The van der Waals surface area contributed by atoms with E-state index in [4.69, 9.17) is 22.1 Å². The minimum Gasteiger partial charge on any atom is -0.490 e. The van der Waals surface area contributed by atoms with Gasteiger partial charge in [0.1, 0.15) is 24.2 Å². The first-order chi connectivity index (χ1) is 16.4. The van der Waals surface area contributed by atoms with Crippen molar-refractivity contribution in [3.8, 4) is 5.75 Å². The van der Waals surface area contributed by atoms with Gasteiger partial charge in [-0.3, -0.25) is 14.6 Å². The van der Waals surface area contributed by atoms with Gasteiger partial charge < -0.3 is 20.5 Å². The first-order valence-electron chi connectivity index (χ1n) is 10.7. The lowest BCUT2D eigenvalue weighted by Crippen LogP contribution is -2.43. The van der Waals surface area contributed by atoms with Crippen LogP contribution in [0, 0.1) is 5.82 Å². The summed E-state index contributed by atoms with van der Waals surface area (Å²) in [4.78, 5) is 32.3. The fourth-order valence-electron chi connectivity index (χ4n) is 4.41. The van der Waals surface area contributed by atoms with Crippen LogP contribution < -0.4 is 10.5 Å². The van der Waals surface area contributed by atoms with Crippen LogP contribution in [0.1, 0.15) is 45.6 Å². The minimum atomic E-state index is -1.18. The van der Waals surface area contributed by atoms with Gasteiger partial charge in [0.2, 0.25) is 5.91 Å². The van der Waals surface area contributed by atoms with Gasteiger partial charge in [-0.25, -0.2) is 4.39 Å². The number of hydrogen-bond acceptors (Lipinski definition) is 5. The summed E-state index contributed by atoms with van der Waals surface area (Å²) in [6, 6.07) is 10.8. The second kappa shape index (κ2) is 10.2. The Kier molecular flexibility index (Phi) is 7.09. The van der Waals surface area contributed by atoms with Crippen molar-refractivity contribution in [3.05, 3.63) is 94.0 Å². The third-order valence-electron chi connectivity index (χ3n) is 5.81. The molecule has 176 valence electrons. The van der Waals surface area contributed by atoms with Crippen molar-refractivity contribution in [1.82, 2.24) is 9.88 Å². The molecule has 0 saturated carbocycles. The molecular formula is C25H23ClFN3O4. The third kappa shape index (κ3) is 4.60. The van der Waals surface area contributed by atoms with Crippen molar-refractivity contribution in [2.75, 3.05) is 13.2 Å². The average Bonchev–Trinajstić information content (AvgIpc) is 3.25. The number of para-hydroxylation sites is 1. The van der Waals surface area contributed by atoms with Crippen molar-refractivity contribution in [2.24, 2.45) is 5.73 Å². The molecule has 7 nitrogen and oxygen atoms in total. The van der Waals surface area contributed by atoms with E-state index in [-0.39, 0.29) is 29.5 Å². The molecule has 0 radical (unpaired) electrons. The average molecular weight is 484 g/mol.